The monoisotopic (exact) mass is 570 g/mol. The van der Waals surface area contributed by atoms with Crippen molar-refractivity contribution < 1.29 is 24.9 Å². The Morgan fingerprint density at radius 3 is 2.70 bits per heavy atom. The molecule has 148 valence electrons. The van der Waals surface area contributed by atoms with Crippen LogP contribution in [0.25, 0.3) is 0 Å². The van der Waals surface area contributed by atoms with Crippen LogP contribution in [-0.4, -0.2) is 71.0 Å². The first kappa shape index (κ1) is 20.2. The molecule has 4 aliphatic rings. The molecule has 1 unspecified atom stereocenters. The second kappa shape index (κ2) is 6.44. The van der Waals surface area contributed by atoms with Crippen LogP contribution in [0.1, 0.15) is 52.4 Å². The molecule has 0 amide bonds. The Labute approximate surface area is 176 Å². The number of allylic oxidation sites excluding steroid dienone is 1. The van der Waals surface area contributed by atoms with Gasteiger partial charge in [-0.1, -0.05) is 0 Å². The zero-order chi connectivity index (χ0) is 19.8. The Morgan fingerprint density at radius 1 is 1.33 bits per heavy atom. The molecule has 0 aliphatic heterocycles. The number of hydrogen-bond acceptors (Lipinski definition) is 5. The number of Topliss-reactive ketones (excluding diaryl/α,β-unsaturated/α-hetero) is 1. The Hall–Kier alpha value is -0.118. The number of hydrogen-bond donors (Lipinski definition) is 3. The molecule has 2 radical (unpaired) electrons. The predicted octanol–water partition coefficient (Wildman–Crippen LogP) is 1.08. The van der Waals surface area contributed by atoms with Gasteiger partial charge in [-0.25, -0.2) is 0 Å². The van der Waals surface area contributed by atoms with Crippen LogP contribution in [0.4, 0.5) is 0 Å². The third-order valence-electron chi connectivity index (χ3n) is 8.87. The Morgan fingerprint density at radius 2 is 2.04 bits per heavy atom. The maximum atomic E-state index is 12.4. The molecule has 0 spiro atoms. The molecule has 3 N–H and O–H groups in total. The SMILES string of the molecule is C[C@]12C[C@H](O)[C@H]3[C@@H](CCC4=CC(=O)C[CH]([PbH])[C@@]43C)[C@@H]1CC[C@]2(O)C(=O)CO. The van der Waals surface area contributed by atoms with Crippen molar-refractivity contribution in [1.29, 1.82) is 0 Å². The van der Waals surface area contributed by atoms with E-state index >= 15 is 0 Å². The summed E-state index contributed by atoms with van der Waals surface area (Å²) >= 11 is 0.670. The third-order valence-corrected chi connectivity index (χ3v) is 12.5. The Bertz CT molecular complexity index is 719. The fourth-order valence-corrected chi connectivity index (χ4v) is 9.99. The van der Waals surface area contributed by atoms with Gasteiger partial charge in [0.15, 0.2) is 0 Å². The van der Waals surface area contributed by atoms with Crippen molar-refractivity contribution in [1.82, 2.24) is 0 Å². The van der Waals surface area contributed by atoms with E-state index < -0.39 is 29.5 Å². The second-order valence-corrected chi connectivity index (χ2v) is 12.9. The van der Waals surface area contributed by atoms with Crippen LogP contribution in [0, 0.1) is 28.6 Å². The predicted molar refractivity (Wildman–Crippen MR) is 101 cm³/mol. The van der Waals surface area contributed by atoms with Crippen molar-refractivity contribution in [3.8, 4) is 0 Å². The first-order chi connectivity index (χ1) is 12.6. The molecule has 0 aromatic rings. The van der Waals surface area contributed by atoms with Crippen molar-refractivity contribution in [2.45, 2.75) is 67.6 Å². The number of carbonyl (C=O) groups is 2. The molecule has 4 aliphatic carbocycles. The van der Waals surface area contributed by atoms with Crippen LogP contribution >= 0.6 is 0 Å². The molecule has 4 rings (SSSR count). The second-order valence-electron chi connectivity index (χ2n) is 9.73. The number of carbonyl (C=O) groups excluding carboxylic acids is 2. The van der Waals surface area contributed by atoms with E-state index in [1.807, 2.05) is 13.0 Å². The molecule has 0 aromatic carbocycles. The van der Waals surface area contributed by atoms with Gasteiger partial charge in [-0.05, 0) is 0 Å². The first-order valence-corrected chi connectivity index (χ1v) is 12.7. The number of rotatable bonds is 2. The molecule has 6 heteroatoms. The van der Waals surface area contributed by atoms with Crippen LogP contribution < -0.4 is 0 Å². The van der Waals surface area contributed by atoms with Crippen molar-refractivity contribution in [2.24, 2.45) is 28.6 Å². The fourth-order valence-electron chi connectivity index (χ4n) is 7.39. The summed E-state index contributed by atoms with van der Waals surface area (Å²) in [6, 6.07) is 0. The molecule has 8 atom stereocenters. The minimum atomic E-state index is -1.54. The summed E-state index contributed by atoms with van der Waals surface area (Å²) in [6.07, 6.45) is 5.12. The normalized spacial score (nSPS) is 51.9. The molecular weight excluding hydrogens is 539 g/mol. The van der Waals surface area contributed by atoms with E-state index in [0.717, 1.165) is 19.3 Å². The summed E-state index contributed by atoms with van der Waals surface area (Å²) in [4.78, 5) is 24.6. The number of ketones is 2. The van der Waals surface area contributed by atoms with Gasteiger partial charge in [0.25, 0.3) is 0 Å². The maximum absolute atomic E-state index is 12.4. The topological polar surface area (TPSA) is 94.8 Å². The van der Waals surface area contributed by atoms with E-state index in [9.17, 15) is 24.9 Å². The summed E-state index contributed by atoms with van der Waals surface area (Å²) in [5, 5.41) is 32.0. The summed E-state index contributed by atoms with van der Waals surface area (Å²) in [5.74, 6) is 0.222. The molecule has 5 nitrogen and oxygen atoms in total. The van der Waals surface area contributed by atoms with Gasteiger partial charge < -0.3 is 0 Å². The molecule has 0 saturated heterocycles. The van der Waals surface area contributed by atoms with E-state index in [2.05, 4.69) is 6.92 Å². The molecule has 3 saturated carbocycles. The van der Waals surface area contributed by atoms with Gasteiger partial charge in [0.1, 0.15) is 0 Å². The minimum absolute atomic E-state index is 0.0882. The van der Waals surface area contributed by atoms with Gasteiger partial charge in [-0.3, -0.25) is 0 Å². The summed E-state index contributed by atoms with van der Waals surface area (Å²) in [5.41, 5.74) is -1.16. The fraction of sp³-hybridized carbons (Fsp3) is 0.810. The van der Waals surface area contributed by atoms with Gasteiger partial charge in [0.2, 0.25) is 0 Å². The zero-order valence-corrected chi connectivity index (χ0v) is 20.6. The number of fused-ring (bicyclic) bond motifs is 5. The van der Waals surface area contributed by atoms with Crippen molar-refractivity contribution in [3.63, 3.8) is 0 Å². The van der Waals surface area contributed by atoms with Gasteiger partial charge in [0, 0.05) is 0 Å². The van der Waals surface area contributed by atoms with Crippen molar-refractivity contribution >= 4 is 37.3 Å². The van der Waals surface area contributed by atoms with Gasteiger partial charge >= 0.3 is 177 Å². The molecule has 0 heterocycles. The van der Waals surface area contributed by atoms with Crippen LogP contribution in [0.5, 0.6) is 0 Å². The Balaban J connectivity index is 1.76. The molecule has 3 fully saturated rings. The van der Waals surface area contributed by atoms with Gasteiger partial charge in [0.05, 0.1) is 0 Å². The van der Waals surface area contributed by atoms with E-state index in [1.54, 1.807) is 0 Å². The summed E-state index contributed by atoms with van der Waals surface area (Å²) < 4.78 is 0.344. The molecule has 27 heavy (non-hydrogen) atoms. The standard InChI is InChI=1S/C21H29O5.Pb.H/c1-19-7-5-13(23)9-12(19)3-4-14-15-6-8-21(26,17(25)11-22)20(15,2)10-16(24)18(14)19;;/h7,9,14-16,18,22,24,26H,3-6,8,10-11H2,1-2H3;;/t14-,15-,16-,18+,19-,20-,21-;;/m0../s1. The van der Waals surface area contributed by atoms with Gasteiger partial charge in [-0.2, -0.15) is 0 Å². The van der Waals surface area contributed by atoms with Crippen LogP contribution in [0.15, 0.2) is 11.6 Å². The van der Waals surface area contributed by atoms with E-state index in [1.165, 1.54) is 5.57 Å². The summed E-state index contributed by atoms with van der Waals surface area (Å²) in [6.45, 7) is 3.54. The van der Waals surface area contributed by atoms with Crippen molar-refractivity contribution in [3.05, 3.63) is 11.6 Å². The quantitative estimate of drug-likeness (QED) is 0.433. The molecule has 0 bridgehead atoms. The van der Waals surface area contributed by atoms with Gasteiger partial charge in [-0.15, -0.1) is 0 Å². The van der Waals surface area contributed by atoms with E-state index in [4.69, 9.17) is 0 Å². The van der Waals surface area contributed by atoms with E-state index in [-0.39, 0.29) is 29.0 Å². The number of aliphatic hydroxyl groups excluding tert-OH is 2. The van der Waals surface area contributed by atoms with Crippen LogP contribution in [0.3, 0.4) is 0 Å². The van der Waals surface area contributed by atoms with Crippen molar-refractivity contribution in [2.75, 3.05) is 6.61 Å². The number of aliphatic hydroxyl groups is 3. The van der Waals surface area contributed by atoms with Crippen LogP contribution in [-0.2, 0) is 9.59 Å². The summed E-state index contributed by atoms with van der Waals surface area (Å²) in [7, 11) is 0. The third kappa shape index (κ3) is 2.50. The van der Waals surface area contributed by atoms with E-state index in [0.29, 0.717) is 48.5 Å². The first-order valence-electron chi connectivity index (χ1n) is 10.1. The average Bonchev–Trinajstić information content (AvgIpc) is 2.87. The average molecular weight is 570 g/mol. The zero-order valence-electron chi connectivity index (χ0n) is 16.1. The molecule has 0 aromatic heterocycles. The Kier molecular flexibility index (Phi) is 4.81. The molecular formula is C21H30O5Pb. The van der Waals surface area contributed by atoms with Crippen LogP contribution in [0.2, 0.25) is 3.48 Å².